The van der Waals surface area contributed by atoms with Gasteiger partial charge in [0.15, 0.2) is 0 Å². The summed E-state index contributed by atoms with van der Waals surface area (Å²) in [5, 5.41) is 0. The van der Waals surface area contributed by atoms with Gasteiger partial charge < -0.3 is 29.9 Å². The van der Waals surface area contributed by atoms with Crippen molar-refractivity contribution in [2.24, 2.45) is 0 Å². The lowest BCUT2D eigenvalue weighted by Gasteiger charge is -2.37. The number of carbonyl (C=O) groups excluding carboxylic acids is 1. The lowest BCUT2D eigenvalue weighted by atomic mass is 9.99. The third kappa shape index (κ3) is 4.06. The first kappa shape index (κ1) is 22.4. The summed E-state index contributed by atoms with van der Waals surface area (Å²) in [5.41, 5.74) is 8.33. The maximum atomic E-state index is 13.0. The van der Waals surface area contributed by atoms with Crippen LogP contribution >= 0.6 is 0 Å². The van der Waals surface area contributed by atoms with Crippen molar-refractivity contribution in [1.82, 2.24) is 24.8 Å². The molecule has 3 saturated heterocycles. The van der Waals surface area contributed by atoms with Gasteiger partial charge in [-0.2, -0.15) is 4.98 Å². The van der Waals surface area contributed by atoms with Crippen LogP contribution < -0.4 is 15.5 Å². The predicted octanol–water partition coefficient (Wildman–Crippen LogP) is 0.885. The molecular weight excluding hydrogens is 448 g/mol. The summed E-state index contributed by atoms with van der Waals surface area (Å²) in [6, 6.07) is 0. The van der Waals surface area contributed by atoms with Gasteiger partial charge in [0.2, 0.25) is 11.9 Å². The Kier molecular flexibility index (Phi) is 5.68. The molecule has 0 aliphatic carbocycles. The molecule has 2 atom stereocenters. The van der Waals surface area contributed by atoms with Crippen molar-refractivity contribution < 1.29 is 14.3 Å². The van der Waals surface area contributed by atoms with Crippen LogP contribution in [0.2, 0.25) is 0 Å². The van der Waals surface area contributed by atoms with Crippen molar-refractivity contribution in [3.8, 4) is 11.3 Å². The molecule has 6 heterocycles. The Bertz CT molecular complexity index is 1100. The lowest BCUT2D eigenvalue weighted by molar-refractivity contribution is -0.140. The Morgan fingerprint density at radius 1 is 1.11 bits per heavy atom. The number of aromatic nitrogens is 4. The molecule has 1 amide bonds. The van der Waals surface area contributed by atoms with Gasteiger partial charge in [-0.3, -0.25) is 4.79 Å². The molecule has 4 aliphatic rings. The van der Waals surface area contributed by atoms with Gasteiger partial charge in [-0.25, -0.2) is 15.0 Å². The first-order valence-corrected chi connectivity index (χ1v) is 12.5. The Hall–Kier alpha value is -3.05. The van der Waals surface area contributed by atoms with Gasteiger partial charge in [0.05, 0.1) is 24.4 Å². The first-order valence-electron chi connectivity index (χ1n) is 12.5. The van der Waals surface area contributed by atoms with Crippen LogP contribution in [0.5, 0.6) is 0 Å². The number of carbonyl (C=O) groups is 1. The normalized spacial score (nSPS) is 26.4. The summed E-state index contributed by atoms with van der Waals surface area (Å²) in [6.07, 6.45) is 6.68. The molecule has 35 heavy (non-hydrogen) atoms. The number of amides is 1. The Morgan fingerprint density at radius 3 is 2.66 bits per heavy atom. The second-order valence-electron chi connectivity index (χ2n) is 10.0. The highest BCUT2D eigenvalue weighted by atomic mass is 16.5. The minimum Gasteiger partial charge on any atom is -0.378 e. The van der Waals surface area contributed by atoms with Crippen molar-refractivity contribution in [1.29, 1.82) is 0 Å². The van der Waals surface area contributed by atoms with E-state index in [0.29, 0.717) is 32.3 Å². The highest BCUT2D eigenvalue weighted by molar-refractivity contribution is 5.82. The van der Waals surface area contributed by atoms with Crippen molar-refractivity contribution in [3.05, 3.63) is 18.0 Å². The molecular formula is C24H32N8O3. The molecule has 6 rings (SSSR count). The Labute approximate surface area is 204 Å². The third-order valence-corrected chi connectivity index (χ3v) is 7.67. The monoisotopic (exact) mass is 480 g/mol. The van der Waals surface area contributed by atoms with Crippen LogP contribution in [0.25, 0.3) is 11.3 Å². The van der Waals surface area contributed by atoms with Gasteiger partial charge >= 0.3 is 0 Å². The molecule has 2 aromatic heterocycles. The molecule has 186 valence electrons. The summed E-state index contributed by atoms with van der Waals surface area (Å²) in [6.45, 7) is 7.97. The van der Waals surface area contributed by atoms with Crippen LogP contribution in [0.3, 0.4) is 0 Å². The molecule has 0 spiro atoms. The van der Waals surface area contributed by atoms with Gasteiger partial charge in [0, 0.05) is 62.9 Å². The second-order valence-corrected chi connectivity index (χ2v) is 10.0. The van der Waals surface area contributed by atoms with E-state index in [0.717, 1.165) is 74.5 Å². The summed E-state index contributed by atoms with van der Waals surface area (Å²) in [5.74, 6) is 2.01. The summed E-state index contributed by atoms with van der Waals surface area (Å²) in [4.78, 5) is 38.1. The van der Waals surface area contributed by atoms with Crippen LogP contribution in [-0.2, 0) is 20.7 Å². The molecule has 11 heteroatoms. The lowest BCUT2D eigenvalue weighted by Crippen LogP contribution is -2.49. The molecule has 11 nitrogen and oxygen atoms in total. The highest BCUT2D eigenvalue weighted by Crippen LogP contribution is 2.41. The zero-order valence-electron chi connectivity index (χ0n) is 20.1. The van der Waals surface area contributed by atoms with Gasteiger partial charge in [-0.15, -0.1) is 0 Å². The van der Waals surface area contributed by atoms with E-state index in [-0.39, 0.29) is 23.5 Å². The molecule has 0 aromatic carbocycles. The van der Waals surface area contributed by atoms with E-state index in [9.17, 15) is 4.79 Å². The van der Waals surface area contributed by atoms with Crippen LogP contribution in [0, 0.1) is 0 Å². The standard InChI is InChI=1S/C24H32N8O3/c1-24(5-7-31(15-24)21(33)18-3-2-10-35-18)32-6-4-17-19(16-13-26-22(25)27-14-16)28-23(29-20(17)32)30-8-11-34-12-9-30/h13-14,18H,2-12,15H2,1H3,(H2,25,26,27)/t18-,24-/m0/s1. The number of nitrogens with zero attached hydrogens (tertiary/aromatic N) is 7. The summed E-state index contributed by atoms with van der Waals surface area (Å²) >= 11 is 0. The average Bonchev–Trinajstić information content (AvgIpc) is 3.64. The third-order valence-electron chi connectivity index (χ3n) is 7.67. The SMILES string of the molecule is C[C@]1(N2CCc3c(-c4cnc(N)nc4)nc(N4CCOCC4)nc32)CCN(C(=O)[C@@H]2CCCO2)C1. The van der Waals surface area contributed by atoms with E-state index in [2.05, 4.69) is 26.7 Å². The minimum atomic E-state index is -0.282. The Morgan fingerprint density at radius 2 is 1.91 bits per heavy atom. The quantitative estimate of drug-likeness (QED) is 0.675. The number of anilines is 3. The van der Waals surface area contributed by atoms with E-state index in [1.807, 2.05) is 4.90 Å². The number of hydrogen-bond donors (Lipinski definition) is 1. The zero-order valence-corrected chi connectivity index (χ0v) is 20.1. The number of ether oxygens (including phenoxy) is 2. The van der Waals surface area contributed by atoms with E-state index in [1.54, 1.807) is 12.4 Å². The van der Waals surface area contributed by atoms with Gasteiger partial charge in [0.1, 0.15) is 11.9 Å². The number of hydrogen-bond acceptors (Lipinski definition) is 10. The van der Waals surface area contributed by atoms with E-state index in [1.165, 1.54) is 0 Å². The van der Waals surface area contributed by atoms with Crippen molar-refractivity contribution in [3.63, 3.8) is 0 Å². The van der Waals surface area contributed by atoms with Gasteiger partial charge in [-0.1, -0.05) is 0 Å². The smallest absolute Gasteiger partial charge is 0.251 e. The zero-order chi connectivity index (χ0) is 24.0. The van der Waals surface area contributed by atoms with Crippen LogP contribution in [-0.4, -0.2) is 94.9 Å². The van der Waals surface area contributed by atoms with E-state index in [4.69, 9.17) is 25.2 Å². The summed E-state index contributed by atoms with van der Waals surface area (Å²) in [7, 11) is 0. The number of fused-ring (bicyclic) bond motifs is 1. The largest absolute Gasteiger partial charge is 0.378 e. The maximum Gasteiger partial charge on any atom is 0.251 e. The second kappa shape index (κ2) is 8.87. The fourth-order valence-electron chi connectivity index (χ4n) is 5.70. The van der Waals surface area contributed by atoms with E-state index < -0.39 is 0 Å². The van der Waals surface area contributed by atoms with Crippen molar-refractivity contribution >= 4 is 23.6 Å². The number of nitrogen functional groups attached to an aromatic ring is 1. The minimum absolute atomic E-state index is 0.127. The first-order chi connectivity index (χ1) is 17.0. The summed E-state index contributed by atoms with van der Waals surface area (Å²) < 4.78 is 11.2. The molecule has 0 bridgehead atoms. The van der Waals surface area contributed by atoms with Gasteiger partial charge in [0.25, 0.3) is 5.91 Å². The molecule has 0 radical (unpaired) electrons. The van der Waals surface area contributed by atoms with E-state index >= 15 is 0 Å². The molecule has 3 fully saturated rings. The predicted molar refractivity (Wildman–Crippen MR) is 130 cm³/mol. The fraction of sp³-hybridized carbons (Fsp3) is 0.625. The number of nitrogens with two attached hydrogens (primary N) is 1. The molecule has 0 saturated carbocycles. The molecule has 2 N–H and O–H groups in total. The number of rotatable bonds is 4. The van der Waals surface area contributed by atoms with Crippen LogP contribution in [0.1, 0.15) is 31.7 Å². The fourth-order valence-corrected chi connectivity index (χ4v) is 5.70. The molecule has 2 aromatic rings. The number of likely N-dealkylation sites (tertiary alicyclic amines) is 1. The van der Waals surface area contributed by atoms with Crippen molar-refractivity contribution in [2.75, 3.05) is 68.1 Å². The van der Waals surface area contributed by atoms with Crippen LogP contribution in [0.4, 0.5) is 17.7 Å². The van der Waals surface area contributed by atoms with Crippen LogP contribution in [0.15, 0.2) is 12.4 Å². The average molecular weight is 481 g/mol. The topological polar surface area (TPSA) is 123 Å². The Balaban J connectivity index is 1.34. The molecule has 0 unspecified atom stereocenters. The molecule has 4 aliphatic heterocycles. The van der Waals surface area contributed by atoms with Gasteiger partial charge in [-0.05, 0) is 32.6 Å². The number of morpholine rings is 1. The van der Waals surface area contributed by atoms with Crippen molar-refractivity contribution in [2.45, 2.75) is 44.2 Å². The highest BCUT2D eigenvalue weighted by Gasteiger charge is 2.46. The maximum absolute atomic E-state index is 13.0.